The number of amides is 1. The summed E-state index contributed by atoms with van der Waals surface area (Å²) >= 11 is 0. The van der Waals surface area contributed by atoms with Gasteiger partial charge >= 0.3 is 12.1 Å². The molecule has 2 N–H and O–H groups in total. The standard InChI is InChI=1S/C36H39NO5Si/c1-36(2,3)43(26-15-6-4-7-16-26,27-17-8-5-9-18-27)42-24-14-23-33(34(38)39)37-35(40)41-25-32-30-21-12-10-19-28(30)29-20-11-13-22-31(29)32/h4-13,15-22,32-33H,14,23-25H2,1-3H3,(H,37,40)(H,38,39)/t33-/m0/s1. The van der Waals surface area contributed by atoms with Crippen molar-refractivity contribution in [2.45, 2.75) is 50.6 Å². The number of alkyl carbamates (subject to hydrolysis) is 1. The molecule has 0 saturated carbocycles. The van der Waals surface area contributed by atoms with E-state index in [0.717, 1.165) is 22.3 Å². The van der Waals surface area contributed by atoms with Crippen LogP contribution in [0.1, 0.15) is 50.7 Å². The number of carbonyl (C=O) groups excluding carboxylic acids is 1. The number of fused-ring (bicyclic) bond motifs is 3. The summed E-state index contributed by atoms with van der Waals surface area (Å²) in [5.74, 6) is -1.19. The monoisotopic (exact) mass is 593 g/mol. The van der Waals surface area contributed by atoms with Gasteiger partial charge in [-0.1, -0.05) is 130 Å². The molecule has 1 aliphatic rings. The third-order valence-corrected chi connectivity index (χ3v) is 13.3. The number of benzene rings is 4. The molecule has 4 aromatic rings. The Morgan fingerprint density at radius 2 is 1.28 bits per heavy atom. The van der Waals surface area contributed by atoms with E-state index in [4.69, 9.17) is 9.16 Å². The first-order valence-electron chi connectivity index (χ1n) is 14.8. The predicted octanol–water partition coefficient (Wildman–Crippen LogP) is 6.34. The van der Waals surface area contributed by atoms with Gasteiger partial charge in [-0.15, -0.1) is 0 Å². The summed E-state index contributed by atoms with van der Waals surface area (Å²) in [4.78, 5) is 24.9. The first-order valence-corrected chi connectivity index (χ1v) is 16.7. The van der Waals surface area contributed by atoms with E-state index >= 15 is 0 Å². The first kappa shape index (κ1) is 30.3. The van der Waals surface area contributed by atoms with Crippen LogP contribution in [0.3, 0.4) is 0 Å². The SMILES string of the molecule is CC(C)(C)[Si](OCCC[C@H](NC(=O)OCC1c2ccccc2-c2ccccc21)C(=O)O)(c1ccccc1)c1ccccc1. The summed E-state index contributed by atoms with van der Waals surface area (Å²) in [6, 6.07) is 35.8. The number of ether oxygens (including phenoxy) is 1. The van der Waals surface area contributed by atoms with Gasteiger partial charge in [0.15, 0.2) is 0 Å². The molecule has 0 spiro atoms. The Morgan fingerprint density at radius 1 is 0.791 bits per heavy atom. The first-order chi connectivity index (χ1) is 20.7. The van der Waals surface area contributed by atoms with Gasteiger partial charge < -0.3 is 19.6 Å². The van der Waals surface area contributed by atoms with Crippen LogP contribution in [0.15, 0.2) is 109 Å². The third kappa shape index (κ3) is 6.28. The second-order valence-corrected chi connectivity index (χ2v) is 16.3. The van der Waals surface area contributed by atoms with Crippen molar-refractivity contribution in [3.63, 3.8) is 0 Å². The summed E-state index contributed by atoms with van der Waals surface area (Å²) in [6.45, 7) is 7.11. The summed E-state index contributed by atoms with van der Waals surface area (Å²) in [5, 5.41) is 14.6. The van der Waals surface area contributed by atoms with Crippen LogP contribution in [-0.4, -0.2) is 44.7 Å². The van der Waals surface area contributed by atoms with Crippen LogP contribution >= 0.6 is 0 Å². The van der Waals surface area contributed by atoms with E-state index in [-0.39, 0.29) is 24.0 Å². The van der Waals surface area contributed by atoms with Crippen LogP contribution in [0.5, 0.6) is 0 Å². The second kappa shape index (κ2) is 13.0. The summed E-state index contributed by atoms with van der Waals surface area (Å²) in [6.07, 6.45) is -0.0507. The Hall–Kier alpha value is -4.20. The van der Waals surface area contributed by atoms with E-state index in [0.29, 0.717) is 13.0 Å². The van der Waals surface area contributed by atoms with Crippen molar-refractivity contribution in [3.05, 3.63) is 120 Å². The normalized spacial score (nSPS) is 13.6. The average Bonchev–Trinajstić information content (AvgIpc) is 3.33. The molecular formula is C36H39NO5Si. The van der Waals surface area contributed by atoms with Crippen molar-refractivity contribution in [3.8, 4) is 11.1 Å². The Kier molecular flexibility index (Phi) is 9.13. The molecule has 222 valence electrons. The molecule has 0 heterocycles. The molecule has 0 bridgehead atoms. The fraction of sp³-hybridized carbons (Fsp3) is 0.278. The molecule has 0 aromatic heterocycles. The lowest BCUT2D eigenvalue weighted by atomic mass is 9.98. The molecule has 1 atom stereocenters. The van der Waals surface area contributed by atoms with Gasteiger partial charge in [0.1, 0.15) is 12.6 Å². The van der Waals surface area contributed by atoms with Gasteiger partial charge in [0, 0.05) is 12.5 Å². The van der Waals surface area contributed by atoms with Crippen LogP contribution in [0.2, 0.25) is 5.04 Å². The predicted molar refractivity (Wildman–Crippen MR) is 172 cm³/mol. The van der Waals surface area contributed by atoms with E-state index in [2.05, 4.69) is 62.5 Å². The second-order valence-electron chi connectivity index (χ2n) is 12.0. The highest BCUT2D eigenvalue weighted by atomic mass is 28.4. The van der Waals surface area contributed by atoms with Gasteiger partial charge in [0.25, 0.3) is 8.32 Å². The molecular weight excluding hydrogens is 554 g/mol. The molecule has 0 radical (unpaired) electrons. The summed E-state index contributed by atoms with van der Waals surface area (Å²) in [5.41, 5.74) is 4.48. The average molecular weight is 594 g/mol. The number of aliphatic carboxylic acids is 1. The lowest BCUT2D eigenvalue weighted by Crippen LogP contribution is -2.66. The largest absolute Gasteiger partial charge is 0.480 e. The third-order valence-electron chi connectivity index (χ3n) is 8.31. The van der Waals surface area contributed by atoms with Crippen LogP contribution in [0, 0.1) is 0 Å². The maximum Gasteiger partial charge on any atom is 0.407 e. The molecule has 0 saturated heterocycles. The van der Waals surface area contributed by atoms with Crippen molar-refractivity contribution in [1.82, 2.24) is 5.32 Å². The van der Waals surface area contributed by atoms with Crippen molar-refractivity contribution in [2.75, 3.05) is 13.2 Å². The summed E-state index contributed by atoms with van der Waals surface area (Å²) in [7, 11) is -2.73. The molecule has 0 fully saturated rings. The maximum atomic E-state index is 12.8. The lowest BCUT2D eigenvalue weighted by molar-refractivity contribution is -0.139. The van der Waals surface area contributed by atoms with Gasteiger partial charge in [-0.25, -0.2) is 9.59 Å². The summed E-state index contributed by atoms with van der Waals surface area (Å²) < 4.78 is 12.5. The Morgan fingerprint density at radius 3 is 1.77 bits per heavy atom. The smallest absolute Gasteiger partial charge is 0.407 e. The highest BCUT2D eigenvalue weighted by Gasteiger charge is 2.50. The zero-order chi connectivity index (χ0) is 30.5. The minimum atomic E-state index is -2.73. The fourth-order valence-electron chi connectivity index (χ4n) is 6.31. The number of nitrogens with one attached hydrogen (secondary N) is 1. The molecule has 1 amide bonds. The van der Waals surface area contributed by atoms with Crippen LogP contribution in [-0.2, 0) is 14.0 Å². The van der Waals surface area contributed by atoms with Gasteiger partial charge in [0.05, 0.1) is 0 Å². The minimum absolute atomic E-state index is 0.0960. The number of hydrogen-bond acceptors (Lipinski definition) is 4. The van der Waals surface area contributed by atoms with Gasteiger partial charge in [-0.2, -0.15) is 0 Å². The molecule has 0 aliphatic heterocycles. The molecule has 0 unspecified atom stereocenters. The van der Waals surface area contributed by atoms with E-state index in [1.165, 1.54) is 10.4 Å². The highest BCUT2D eigenvalue weighted by molar-refractivity contribution is 6.99. The molecule has 6 nitrogen and oxygen atoms in total. The van der Waals surface area contributed by atoms with Crippen molar-refractivity contribution in [2.24, 2.45) is 0 Å². The van der Waals surface area contributed by atoms with Gasteiger partial charge in [0.2, 0.25) is 0 Å². The van der Waals surface area contributed by atoms with Gasteiger partial charge in [-0.3, -0.25) is 0 Å². The molecule has 4 aromatic carbocycles. The van der Waals surface area contributed by atoms with Crippen molar-refractivity contribution in [1.29, 1.82) is 0 Å². The van der Waals surface area contributed by atoms with Crippen LogP contribution in [0.25, 0.3) is 11.1 Å². The molecule has 1 aliphatic carbocycles. The fourth-order valence-corrected chi connectivity index (χ4v) is 10.9. The Labute approximate surface area is 254 Å². The number of hydrogen-bond donors (Lipinski definition) is 2. The van der Waals surface area contributed by atoms with Crippen LogP contribution in [0.4, 0.5) is 4.79 Å². The quantitative estimate of drug-likeness (QED) is 0.157. The van der Waals surface area contributed by atoms with E-state index in [1.807, 2.05) is 72.8 Å². The zero-order valence-electron chi connectivity index (χ0n) is 25.0. The minimum Gasteiger partial charge on any atom is -0.480 e. The maximum absolute atomic E-state index is 12.8. The molecule has 7 heteroatoms. The Balaban J connectivity index is 1.23. The van der Waals surface area contributed by atoms with Gasteiger partial charge in [-0.05, 0) is 50.5 Å². The molecule has 5 rings (SSSR count). The van der Waals surface area contributed by atoms with E-state index < -0.39 is 26.4 Å². The van der Waals surface area contributed by atoms with Crippen molar-refractivity contribution >= 4 is 30.8 Å². The van der Waals surface area contributed by atoms with E-state index in [1.54, 1.807) is 0 Å². The molecule has 43 heavy (non-hydrogen) atoms. The van der Waals surface area contributed by atoms with E-state index in [9.17, 15) is 14.7 Å². The number of carbonyl (C=O) groups is 2. The number of rotatable bonds is 11. The zero-order valence-corrected chi connectivity index (χ0v) is 26.0. The number of carboxylic acid groups (broad SMARTS) is 1. The van der Waals surface area contributed by atoms with Crippen LogP contribution < -0.4 is 15.7 Å². The Bertz CT molecular complexity index is 1470. The highest BCUT2D eigenvalue weighted by Crippen LogP contribution is 2.44. The topological polar surface area (TPSA) is 84.9 Å². The number of carboxylic acids is 1. The lowest BCUT2D eigenvalue weighted by Gasteiger charge is -2.43. The van der Waals surface area contributed by atoms with Crippen molar-refractivity contribution < 1.29 is 23.9 Å².